The lowest BCUT2D eigenvalue weighted by atomic mass is 9.77. The van der Waals surface area contributed by atoms with E-state index in [0.29, 0.717) is 16.8 Å². The Bertz CT molecular complexity index is 1160. The lowest BCUT2D eigenvalue weighted by molar-refractivity contribution is -0.144. The third kappa shape index (κ3) is 6.39. The van der Waals surface area contributed by atoms with E-state index in [4.69, 9.17) is 9.47 Å². The molecule has 2 aromatic carbocycles. The van der Waals surface area contributed by atoms with Gasteiger partial charge in [0.15, 0.2) is 0 Å². The van der Waals surface area contributed by atoms with Crippen molar-refractivity contribution in [1.82, 2.24) is 4.90 Å². The fraction of sp³-hybridized carbons (Fsp3) is 0.393. The Hall–Kier alpha value is -3.62. The van der Waals surface area contributed by atoms with Crippen LogP contribution in [0.3, 0.4) is 0 Å². The molecule has 2 aromatic rings. The predicted octanol–water partition coefficient (Wildman–Crippen LogP) is 5.76. The molecule has 0 saturated heterocycles. The van der Waals surface area contributed by atoms with Crippen molar-refractivity contribution in [3.8, 4) is 0 Å². The van der Waals surface area contributed by atoms with Gasteiger partial charge in [-0.05, 0) is 56.0 Å². The van der Waals surface area contributed by atoms with Gasteiger partial charge in [0.25, 0.3) is 0 Å². The van der Waals surface area contributed by atoms with Crippen LogP contribution in [-0.2, 0) is 36.6 Å². The number of amides is 1. The first-order valence-corrected chi connectivity index (χ1v) is 12.1. The first-order valence-electron chi connectivity index (χ1n) is 12.1. The van der Waals surface area contributed by atoms with Crippen LogP contribution < -0.4 is 0 Å². The molecular weight excluding hydrogens is 487 g/mol. The zero-order valence-corrected chi connectivity index (χ0v) is 21.1. The van der Waals surface area contributed by atoms with Gasteiger partial charge in [0, 0.05) is 6.42 Å². The number of carbonyl (C=O) groups excluding carboxylic acids is 3. The number of nitrogens with zero attached hydrogens (tertiary/aromatic N) is 1. The summed E-state index contributed by atoms with van der Waals surface area (Å²) in [5.74, 6) is -1.40. The van der Waals surface area contributed by atoms with Crippen LogP contribution in [0, 0.1) is 5.41 Å². The largest absolute Gasteiger partial charge is 0.466 e. The van der Waals surface area contributed by atoms with Gasteiger partial charge in [0.1, 0.15) is 0 Å². The zero-order valence-electron chi connectivity index (χ0n) is 21.1. The Labute approximate surface area is 214 Å². The summed E-state index contributed by atoms with van der Waals surface area (Å²) in [5.41, 5.74) is -0.195. The maximum Gasteiger partial charge on any atom is 0.416 e. The van der Waals surface area contributed by atoms with Gasteiger partial charge < -0.3 is 14.4 Å². The summed E-state index contributed by atoms with van der Waals surface area (Å²) in [6, 6.07) is 13.6. The maximum absolute atomic E-state index is 14.0. The van der Waals surface area contributed by atoms with Gasteiger partial charge >= 0.3 is 18.1 Å². The highest BCUT2D eigenvalue weighted by Gasteiger charge is 2.50. The van der Waals surface area contributed by atoms with Crippen LogP contribution in [0.1, 0.15) is 56.7 Å². The van der Waals surface area contributed by atoms with Gasteiger partial charge in [0.2, 0.25) is 5.91 Å². The Balaban J connectivity index is 2.16. The van der Waals surface area contributed by atoms with E-state index in [9.17, 15) is 27.6 Å². The Morgan fingerprint density at radius 3 is 2.08 bits per heavy atom. The molecule has 37 heavy (non-hydrogen) atoms. The summed E-state index contributed by atoms with van der Waals surface area (Å²) < 4.78 is 49.9. The van der Waals surface area contributed by atoms with Crippen molar-refractivity contribution in [3.63, 3.8) is 0 Å². The van der Waals surface area contributed by atoms with E-state index >= 15 is 0 Å². The maximum atomic E-state index is 14.0. The fourth-order valence-electron chi connectivity index (χ4n) is 4.49. The van der Waals surface area contributed by atoms with Gasteiger partial charge in [-0.25, -0.2) is 0 Å². The smallest absolute Gasteiger partial charge is 0.416 e. The van der Waals surface area contributed by atoms with Crippen LogP contribution in [0.5, 0.6) is 0 Å². The third-order valence-corrected chi connectivity index (χ3v) is 6.37. The first kappa shape index (κ1) is 28.0. The topological polar surface area (TPSA) is 72.9 Å². The van der Waals surface area contributed by atoms with E-state index in [-0.39, 0.29) is 44.9 Å². The number of carbonyl (C=O) groups is 3. The van der Waals surface area contributed by atoms with Crippen LogP contribution >= 0.6 is 0 Å². The predicted molar refractivity (Wildman–Crippen MR) is 131 cm³/mol. The number of hydrogen-bond donors (Lipinski definition) is 0. The van der Waals surface area contributed by atoms with Crippen molar-refractivity contribution >= 4 is 23.5 Å². The summed E-state index contributed by atoms with van der Waals surface area (Å²) in [6.45, 7) is 5.44. The normalized spacial score (nSPS) is 17.8. The van der Waals surface area contributed by atoms with Crippen molar-refractivity contribution in [2.24, 2.45) is 5.41 Å². The molecule has 0 bridgehead atoms. The Kier molecular flexibility index (Phi) is 8.78. The van der Waals surface area contributed by atoms with Crippen LogP contribution in [0.2, 0.25) is 0 Å². The number of alkyl halides is 3. The molecule has 1 heterocycles. The molecular formula is C28H30F3NO5. The van der Waals surface area contributed by atoms with Gasteiger partial charge in [-0.15, -0.1) is 0 Å². The number of ether oxygens (including phenoxy) is 2. The second-order valence-electron chi connectivity index (χ2n) is 8.90. The molecule has 0 fully saturated rings. The highest BCUT2D eigenvalue weighted by molar-refractivity contribution is 6.02. The van der Waals surface area contributed by atoms with Crippen LogP contribution in [0.15, 0.2) is 60.2 Å². The lowest BCUT2D eigenvalue weighted by Gasteiger charge is -2.27. The molecule has 1 aliphatic rings. The molecule has 6 nitrogen and oxygen atoms in total. The molecule has 0 aliphatic carbocycles. The van der Waals surface area contributed by atoms with Crippen molar-refractivity contribution < 1.29 is 37.0 Å². The highest BCUT2D eigenvalue weighted by Crippen LogP contribution is 2.49. The minimum atomic E-state index is -4.52. The summed E-state index contributed by atoms with van der Waals surface area (Å²) in [6.07, 6.45) is -4.78. The first-order chi connectivity index (χ1) is 17.5. The molecule has 1 atom stereocenters. The SMILES string of the molecule is CCOC(=O)CCC1(C)C(=O)N(Cc2ccccc2)C(c2ccc(C(F)(F)F)cc2)=C1CC(=O)OCC. The zero-order chi connectivity index (χ0) is 27.2. The second-order valence-corrected chi connectivity index (χ2v) is 8.90. The minimum absolute atomic E-state index is 0.0643. The second kappa shape index (κ2) is 11.6. The molecule has 0 radical (unpaired) electrons. The monoisotopic (exact) mass is 517 g/mol. The van der Waals surface area contributed by atoms with Crippen molar-refractivity contribution in [2.75, 3.05) is 13.2 Å². The van der Waals surface area contributed by atoms with Gasteiger partial charge in [-0.2, -0.15) is 13.2 Å². The van der Waals surface area contributed by atoms with E-state index < -0.39 is 29.1 Å². The van der Waals surface area contributed by atoms with Gasteiger partial charge in [-0.3, -0.25) is 14.4 Å². The lowest BCUT2D eigenvalue weighted by Crippen LogP contribution is -2.35. The van der Waals surface area contributed by atoms with Crippen LogP contribution in [0.4, 0.5) is 13.2 Å². The molecule has 0 saturated carbocycles. The van der Waals surface area contributed by atoms with E-state index in [1.165, 1.54) is 17.0 Å². The Morgan fingerprint density at radius 1 is 0.919 bits per heavy atom. The summed E-state index contributed by atoms with van der Waals surface area (Å²) in [7, 11) is 0. The van der Waals surface area contributed by atoms with Crippen molar-refractivity contribution in [2.45, 2.75) is 52.8 Å². The van der Waals surface area contributed by atoms with Gasteiger partial charge in [-0.1, -0.05) is 42.5 Å². The van der Waals surface area contributed by atoms with Crippen LogP contribution in [0.25, 0.3) is 5.70 Å². The number of hydrogen-bond acceptors (Lipinski definition) is 5. The number of esters is 2. The summed E-state index contributed by atoms with van der Waals surface area (Å²) >= 11 is 0. The average Bonchev–Trinajstić information content (AvgIpc) is 3.05. The average molecular weight is 518 g/mol. The number of benzene rings is 2. The molecule has 9 heteroatoms. The quantitative estimate of drug-likeness (QED) is 0.375. The molecule has 3 rings (SSSR count). The molecule has 1 unspecified atom stereocenters. The molecule has 198 valence electrons. The molecule has 0 aromatic heterocycles. The molecule has 1 amide bonds. The summed E-state index contributed by atoms with van der Waals surface area (Å²) in [4.78, 5) is 40.3. The van der Waals surface area contributed by atoms with E-state index in [1.807, 2.05) is 30.3 Å². The Morgan fingerprint density at radius 2 is 1.51 bits per heavy atom. The molecule has 1 aliphatic heterocycles. The van der Waals surface area contributed by atoms with E-state index in [0.717, 1.165) is 17.7 Å². The molecule has 0 N–H and O–H groups in total. The summed E-state index contributed by atoms with van der Waals surface area (Å²) in [5, 5.41) is 0. The third-order valence-electron chi connectivity index (χ3n) is 6.37. The van der Waals surface area contributed by atoms with Crippen molar-refractivity contribution in [3.05, 3.63) is 76.9 Å². The highest BCUT2D eigenvalue weighted by atomic mass is 19.4. The fourth-order valence-corrected chi connectivity index (χ4v) is 4.49. The number of halogens is 3. The minimum Gasteiger partial charge on any atom is -0.466 e. The molecule has 0 spiro atoms. The van der Waals surface area contributed by atoms with E-state index in [2.05, 4.69) is 0 Å². The van der Waals surface area contributed by atoms with Gasteiger partial charge in [0.05, 0.1) is 42.9 Å². The number of rotatable bonds is 10. The van der Waals surface area contributed by atoms with Crippen LogP contribution in [-0.4, -0.2) is 36.0 Å². The van der Waals surface area contributed by atoms with E-state index in [1.54, 1.807) is 20.8 Å². The standard InChI is InChI=1S/C28H30F3NO5/c1-4-36-23(33)15-16-27(3)22(17-24(34)37-5-2)25(20-11-13-21(14-12-20)28(29,30)31)32(26(27)35)18-19-9-7-6-8-10-19/h6-14H,4-5,15-18H2,1-3H3. The van der Waals surface area contributed by atoms with Crippen molar-refractivity contribution in [1.29, 1.82) is 0 Å².